The third-order valence-corrected chi connectivity index (χ3v) is 3.19. The number of esters is 1. The maximum absolute atomic E-state index is 11.9. The molecule has 2 rings (SSSR count). The van der Waals surface area contributed by atoms with Gasteiger partial charge in [-0.1, -0.05) is 29.8 Å². The highest BCUT2D eigenvalue weighted by Crippen LogP contribution is 2.18. The molecule has 2 aromatic carbocycles. The highest BCUT2D eigenvalue weighted by Gasteiger charge is 2.12. The van der Waals surface area contributed by atoms with Crippen LogP contribution in [0.3, 0.4) is 0 Å². The van der Waals surface area contributed by atoms with E-state index < -0.39 is 5.97 Å². The quantitative estimate of drug-likeness (QED) is 0.644. The Morgan fingerprint density at radius 1 is 1.18 bits per heavy atom. The van der Waals surface area contributed by atoms with Gasteiger partial charge in [0.2, 0.25) is 0 Å². The average Bonchev–Trinajstić information content (AvgIpc) is 2.48. The van der Waals surface area contributed by atoms with E-state index in [-0.39, 0.29) is 0 Å². The SMILES string of the molecule is CCOC(=O)c1ccccc1NC(=S)Nc1cccc(Cl)c1. The Morgan fingerprint density at radius 2 is 1.95 bits per heavy atom. The largest absolute Gasteiger partial charge is 0.462 e. The van der Waals surface area contributed by atoms with Gasteiger partial charge < -0.3 is 15.4 Å². The second-order valence-electron chi connectivity index (χ2n) is 4.36. The minimum atomic E-state index is -0.392. The van der Waals surface area contributed by atoms with Gasteiger partial charge in [-0.05, 0) is 49.5 Å². The Kier molecular flexibility index (Phi) is 5.75. The first-order valence-electron chi connectivity index (χ1n) is 6.70. The van der Waals surface area contributed by atoms with Crippen LogP contribution in [0.2, 0.25) is 5.02 Å². The standard InChI is InChI=1S/C16H15ClN2O2S/c1-2-21-15(20)13-8-3-4-9-14(13)19-16(22)18-12-7-5-6-11(17)10-12/h3-10H,2H2,1H3,(H2,18,19,22). The number of rotatable bonds is 4. The van der Waals surface area contributed by atoms with Crippen molar-refractivity contribution in [1.82, 2.24) is 0 Å². The fraction of sp³-hybridized carbons (Fsp3) is 0.125. The summed E-state index contributed by atoms with van der Waals surface area (Å²) in [5.41, 5.74) is 1.78. The van der Waals surface area contributed by atoms with Gasteiger partial charge in [0.05, 0.1) is 17.9 Å². The van der Waals surface area contributed by atoms with Crippen molar-refractivity contribution < 1.29 is 9.53 Å². The van der Waals surface area contributed by atoms with Gasteiger partial charge in [0, 0.05) is 10.7 Å². The van der Waals surface area contributed by atoms with Gasteiger partial charge in [0.25, 0.3) is 0 Å². The molecule has 0 aliphatic heterocycles. The van der Waals surface area contributed by atoms with Crippen LogP contribution in [0.25, 0.3) is 0 Å². The summed E-state index contributed by atoms with van der Waals surface area (Å²) in [4.78, 5) is 11.9. The van der Waals surface area contributed by atoms with Gasteiger partial charge in [0.15, 0.2) is 5.11 Å². The number of carbonyl (C=O) groups is 1. The number of ether oxygens (including phenoxy) is 1. The zero-order valence-corrected chi connectivity index (χ0v) is 13.5. The van der Waals surface area contributed by atoms with Crippen molar-refractivity contribution in [2.24, 2.45) is 0 Å². The molecule has 2 N–H and O–H groups in total. The molecule has 114 valence electrons. The minimum absolute atomic E-state index is 0.318. The number of halogens is 1. The molecule has 0 amide bonds. The van der Waals surface area contributed by atoms with E-state index in [1.165, 1.54) is 0 Å². The molecule has 4 nitrogen and oxygen atoms in total. The summed E-state index contributed by atoms with van der Waals surface area (Å²) < 4.78 is 5.02. The van der Waals surface area contributed by atoms with Crippen molar-refractivity contribution in [2.45, 2.75) is 6.92 Å². The van der Waals surface area contributed by atoms with Crippen molar-refractivity contribution in [1.29, 1.82) is 0 Å². The lowest BCUT2D eigenvalue weighted by Crippen LogP contribution is -2.21. The zero-order chi connectivity index (χ0) is 15.9. The Labute approximate surface area is 139 Å². The molecule has 0 fully saturated rings. The Hall–Kier alpha value is -2.11. The Morgan fingerprint density at radius 3 is 2.68 bits per heavy atom. The van der Waals surface area contributed by atoms with E-state index in [2.05, 4.69) is 10.6 Å². The summed E-state index contributed by atoms with van der Waals surface area (Å²) in [5.74, 6) is -0.392. The molecule has 2 aromatic rings. The van der Waals surface area contributed by atoms with E-state index in [9.17, 15) is 4.79 Å². The van der Waals surface area contributed by atoms with Crippen molar-refractivity contribution in [3.63, 3.8) is 0 Å². The number of hydrogen-bond donors (Lipinski definition) is 2. The van der Waals surface area contributed by atoms with Gasteiger partial charge in [-0.25, -0.2) is 4.79 Å². The molecule has 0 spiro atoms. The normalized spacial score (nSPS) is 9.91. The highest BCUT2D eigenvalue weighted by atomic mass is 35.5. The molecule has 6 heteroatoms. The van der Waals surface area contributed by atoms with Crippen LogP contribution in [-0.2, 0) is 4.74 Å². The van der Waals surface area contributed by atoms with E-state index in [1.807, 2.05) is 18.2 Å². The summed E-state index contributed by atoms with van der Waals surface area (Å²) in [7, 11) is 0. The van der Waals surface area contributed by atoms with Crippen LogP contribution in [-0.4, -0.2) is 17.7 Å². The highest BCUT2D eigenvalue weighted by molar-refractivity contribution is 7.80. The van der Waals surface area contributed by atoms with E-state index in [0.29, 0.717) is 28.0 Å². The molecule has 0 aliphatic rings. The summed E-state index contributed by atoms with van der Waals surface area (Å²) in [5, 5.41) is 6.98. The molecule has 0 radical (unpaired) electrons. The summed E-state index contributed by atoms with van der Waals surface area (Å²) >= 11 is 11.2. The summed E-state index contributed by atoms with van der Waals surface area (Å²) in [6.07, 6.45) is 0. The van der Waals surface area contributed by atoms with E-state index >= 15 is 0 Å². The van der Waals surface area contributed by atoms with Gasteiger partial charge in [-0.15, -0.1) is 0 Å². The van der Waals surface area contributed by atoms with Crippen LogP contribution in [0.1, 0.15) is 17.3 Å². The first-order valence-corrected chi connectivity index (χ1v) is 7.48. The third kappa shape index (κ3) is 4.44. The number of hydrogen-bond acceptors (Lipinski definition) is 3. The van der Waals surface area contributed by atoms with E-state index in [1.54, 1.807) is 37.3 Å². The van der Waals surface area contributed by atoms with Gasteiger partial charge >= 0.3 is 5.97 Å². The van der Waals surface area contributed by atoms with Crippen molar-refractivity contribution in [3.05, 3.63) is 59.1 Å². The molecule has 22 heavy (non-hydrogen) atoms. The lowest BCUT2D eigenvalue weighted by atomic mass is 10.2. The summed E-state index contributed by atoms with van der Waals surface area (Å²) in [6, 6.07) is 14.2. The van der Waals surface area contributed by atoms with Crippen molar-refractivity contribution in [3.8, 4) is 0 Å². The molecule has 0 heterocycles. The first-order chi connectivity index (χ1) is 10.6. The predicted octanol–water partition coefficient (Wildman–Crippen LogP) is 4.33. The zero-order valence-electron chi connectivity index (χ0n) is 11.9. The fourth-order valence-corrected chi connectivity index (χ4v) is 2.25. The Bertz CT molecular complexity index is 691. The molecule has 0 atom stereocenters. The van der Waals surface area contributed by atoms with Gasteiger partial charge in [-0.3, -0.25) is 0 Å². The van der Waals surface area contributed by atoms with Gasteiger partial charge in [0.1, 0.15) is 0 Å². The fourth-order valence-electron chi connectivity index (χ4n) is 1.83. The van der Waals surface area contributed by atoms with Crippen LogP contribution < -0.4 is 10.6 Å². The number of para-hydroxylation sites is 1. The monoisotopic (exact) mass is 334 g/mol. The van der Waals surface area contributed by atoms with Crippen LogP contribution >= 0.6 is 23.8 Å². The third-order valence-electron chi connectivity index (χ3n) is 2.75. The molecule has 0 aliphatic carbocycles. The number of carbonyl (C=O) groups excluding carboxylic acids is 1. The Balaban J connectivity index is 2.10. The molecule has 0 saturated heterocycles. The van der Waals surface area contributed by atoms with E-state index in [0.717, 1.165) is 5.69 Å². The van der Waals surface area contributed by atoms with Crippen LogP contribution in [0, 0.1) is 0 Å². The molecule has 0 aromatic heterocycles. The second kappa shape index (κ2) is 7.77. The lowest BCUT2D eigenvalue weighted by molar-refractivity contribution is 0.0527. The maximum Gasteiger partial charge on any atom is 0.340 e. The maximum atomic E-state index is 11.9. The molecule has 0 bridgehead atoms. The minimum Gasteiger partial charge on any atom is -0.462 e. The number of thiocarbonyl (C=S) groups is 1. The predicted molar refractivity (Wildman–Crippen MR) is 93.7 cm³/mol. The number of nitrogens with one attached hydrogen (secondary N) is 2. The smallest absolute Gasteiger partial charge is 0.340 e. The molecular formula is C16H15ClN2O2S. The lowest BCUT2D eigenvalue weighted by Gasteiger charge is -2.13. The van der Waals surface area contributed by atoms with Gasteiger partial charge in [-0.2, -0.15) is 0 Å². The van der Waals surface area contributed by atoms with Crippen LogP contribution in [0.4, 0.5) is 11.4 Å². The van der Waals surface area contributed by atoms with Crippen molar-refractivity contribution >= 4 is 46.3 Å². The van der Waals surface area contributed by atoms with E-state index in [4.69, 9.17) is 28.6 Å². The molecule has 0 saturated carbocycles. The number of benzene rings is 2. The average molecular weight is 335 g/mol. The second-order valence-corrected chi connectivity index (χ2v) is 5.20. The van der Waals surface area contributed by atoms with Crippen LogP contribution in [0.15, 0.2) is 48.5 Å². The number of anilines is 2. The van der Waals surface area contributed by atoms with Crippen molar-refractivity contribution in [2.75, 3.05) is 17.2 Å². The molecular weight excluding hydrogens is 320 g/mol. The van der Waals surface area contributed by atoms with Crippen LogP contribution in [0.5, 0.6) is 0 Å². The molecule has 0 unspecified atom stereocenters. The first kappa shape index (κ1) is 16.3. The topological polar surface area (TPSA) is 50.4 Å². The summed E-state index contributed by atoms with van der Waals surface area (Å²) in [6.45, 7) is 2.08.